The quantitative estimate of drug-likeness (QED) is 0.819. The number of halogens is 2. The van der Waals surface area contributed by atoms with E-state index in [0.29, 0.717) is 16.5 Å². The van der Waals surface area contributed by atoms with Crippen molar-refractivity contribution in [1.82, 2.24) is 0 Å². The molecule has 0 saturated heterocycles. The van der Waals surface area contributed by atoms with Crippen LogP contribution in [0.5, 0.6) is 11.5 Å². The number of ether oxygens (including phenoxy) is 1. The van der Waals surface area contributed by atoms with Crippen molar-refractivity contribution in [3.8, 4) is 11.5 Å². The van der Waals surface area contributed by atoms with Crippen molar-refractivity contribution >= 4 is 29.7 Å². The third kappa shape index (κ3) is 3.05. The highest BCUT2D eigenvalue weighted by Crippen LogP contribution is 2.27. The summed E-state index contributed by atoms with van der Waals surface area (Å²) in [7, 11) is 0. The number of anilines is 1. The van der Waals surface area contributed by atoms with Crippen LogP contribution in [-0.2, 0) is 0 Å². The van der Waals surface area contributed by atoms with Gasteiger partial charge in [-0.05, 0) is 36.4 Å². The zero-order chi connectivity index (χ0) is 10.7. The predicted octanol–water partition coefficient (Wildman–Crippen LogP) is 4.14. The van der Waals surface area contributed by atoms with Crippen molar-refractivity contribution in [1.29, 1.82) is 0 Å². The number of rotatable bonds is 2. The second kappa shape index (κ2) is 5.64. The van der Waals surface area contributed by atoms with Crippen molar-refractivity contribution in [2.24, 2.45) is 0 Å². The van der Waals surface area contributed by atoms with Gasteiger partial charge in [0.2, 0.25) is 0 Å². The Kier molecular flexibility index (Phi) is 4.47. The molecule has 0 bridgehead atoms. The standard InChI is InChI=1S/C12H10ClNO.ClH/c13-9-5-7-10(8-6-9)15-12-4-2-1-3-11(12)14;/h1-8H,14H2;1H. The SMILES string of the molecule is Cl.Nc1ccccc1Oc1ccc(Cl)cc1. The lowest BCUT2D eigenvalue weighted by Gasteiger charge is -2.07. The molecule has 0 saturated carbocycles. The molecule has 2 aromatic rings. The minimum Gasteiger partial charge on any atom is -0.455 e. The fraction of sp³-hybridized carbons (Fsp3) is 0. The maximum atomic E-state index is 5.77. The summed E-state index contributed by atoms with van der Waals surface area (Å²) in [6, 6.07) is 14.5. The van der Waals surface area contributed by atoms with Crippen LogP contribution < -0.4 is 10.5 Å². The van der Waals surface area contributed by atoms with Crippen LogP contribution in [0.15, 0.2) is 48.5 Å². The van der Waals surface area contributed by atoms with Crippen LogP contribution in [0, 0.1) is 0 Å². The van der Waals surface area contributed by atoms with E-state index in [-0.39, 0.29) is 12.4 Å². The van der Waals surface area contributed by atoms with E-state index in [4.69, 9.17) is 22.1 Å². The molecular formula is C12H11Cl2NO. The molecule has 4 heteroatoms. The first kappa shape index (κ1) is 12.7. The Morgan fingerprint density at radius 3 is 2.19 bits per heavy atom. The molecule has 0 aromatic heterocycles. The number of para-hydroxylation sites is 2. The molecule has 2 N–H and O–H groups in total. The Bertz CT molecular complexity index is 457. The van der Waals surface area contributed by atoms with Crippen LogP contribution in [0.2, 0.25) is 5.02 Å². The van der Waals surface area contributed by atoms with Crippen LogP contribution >= 0.6 is 24.0 Å². The van der Waals surface area contributed by atoms with Crippen LogP contribution in [0.4, 0.5) is 5.69 Å². The minimum atomic E-state index is 0. The first-order valence-electron chi connectivity index (χ1n) is 4.53. The zero-order valence-electron chi connectivity index (χ0n) is 8.39. The summed E-state index contributed by atoms with van der Waals surface area (Å²) >= 11 is 5.77. The van der Waals surface area contributed by atoms with Crippen LogP contribution in [-0.4, -0.2) is 0 Å². The van der Waals surface area contributed by atoms with E-state index in [0.717, 1.165) is 5.75 Å². The van der Waals surface area contributed by atoms with Gasteiger partial charge in [-0.15, -0.1) is 12.4 Å². The van der Waals surface area contributed by atoms with Gasteiger partial charge < -0.3 is 10.5 Å². The minimum absolute atomic E-state index is 0. The molecule has 2 aromatic carbocycles. The van der Waals surface area contributed by atoms with Crippen LogP contribution in [0.25, 0.3) is 0 Å². The summed E-state index contributed by atoms with van der Waals surface area (Å²) in [5.74, 6) is 1.37. The van der Waals surface area contributed by atoms with Gasteiger partial charge in [0.15, 0.2) is 0 Å². The molecule has 0 amide bonds. The second-order valence-electron chi connectivity index (χ2n) is 3.09. The lowest BCUT2D eigenvalue weighted by molar-refractivity contribution is 0.485. The molecule has 16 heavy (non-hydrogen) atoms. The highest BCUT2D eigenvalue weighted by molar-refractivity contribution is 6.30. The summed E-state index contributed by atoms with van der Waals surface area (Å²) in [6.45, 7) is 0. The maximum Gasteiger partial charge on any atom is 0.150 e. The number of hydrogen-bond acceptors (Lipinski definition) is 2. The van der Waals surface area contributed by atoms with Gasteiger partial charge in [0, 0.05) is 5.02 Å². The Morgan fingerprint density at radius 1 is 0.938 bits per heavy atom. The summed E-state index contributed by atoms with van der Waals surface area (Å²) in [6.07, 6.45) is 0. The van der Waals surface area contributed by atoms with E-state index in [2.05, 4.69) is 0 Å². The molecule has 2 nitrogen and oxygen atoms in total. The summed E-state index contributed by atoms with van der Waals surface area (Å²) in [5, 5.41) is 0.684. The van der Waals surface area contributed by atoms with Crippen molar-refractivity contribution in [2.75, 3.05) is 5.73 Å². The van der Waals surface area contributed by atoms with Gasteiger partial charge in [-0.2, -0.15) is 0 Å². The topological polar surface area (TPSA) is 35.2 Å². The Balaban J connectivity index is 0.00000128. The number of hydrogen-bond donors (Lipinski definition) is 1. The highest BCUT2D eigenvalue weighted by atomic mass is 35.5. The molecule has 0 radical (unpaired) electrons. The van der Waals surface area contributed by atoms with E-state index in [1.54, 1.807) is 30.3 Å². The van der Waals surface area contributed by atoms with Crippen molar-refractivity contribution in [3.05, 3.63) is 53.6 Å². The molecule has 0 unspecified atom stereocenters. The summed E-state index contributed by atoms with van der Waals surface area (Å²) in [4.78, 5) is 0. The monoisotopic (exact) mass is 255 g/mol. The van der Waals surface area contributed by atoms with E-state index < -0.39 is 0 Å². The van der Waals surface area contributed by atoms with E-state index in [1.807, 2.05) is 18.2 Å². The van der Waals surface area contributed by atoms with Gasteiger partial charge in [0.1, 0.15) is 11.5 Å². The predicted molar refractivity (Wildman–Crippen MR) is 69.6 cm³/mol. The number of nitrogen functional groups attached to an aromatic ring is 1. The largest absolute Gasteiger partial charge is 0.455 e. The second-order valence-corrected chi connectivity index (χ2v) is 3.53. The first-order chi connectivity index (χ1) is 7.25. The van der Waals surface area contributed by atoms with E-state index in [9.17, 15) is 0 Å². The third-order valence-corrected chi connectivity index (χ3v) is 2.21. The molecule has 2 rings (SSSR count). The normalized spacial score (nSPS) is 9.31. The maximum absolute atomic E-state index is 5.77. The van der Waals surface area contributed by atoms with Crippen molar-refractivity contribution in [3.63, 3.8) is 0 Å². The van der Waals surface area contributed by atoms with Crippen LogP contribution in [0.1, 0.15) is 0 Å². The average molecular weight is 256 g/mol. The van der Waals surface area contributed by atoms with Gasteiger partial charge in [-0.3, -0.25) is 0 Å². The molecule has 84 valence electrons. The molecule has 0 atom stereocenters. The Labute approximate surface area is 105 Å². The van der Waals surface area contributed by atoms with Gasteiger partial charge in [-0.1, -0.05) is 23.7 Å². The van der Waals surface area contributed by atoms with E-state index >= 15 is 0 Å². The first-order valence-corrected chi connectivity index (χ1v) is 4.91. The van der Waals surface area contributed by atoms with Gasteiger partial charge in [0.25, 0.3) is 0 Å². The average Bonchev–Trinajstić information content (AvgIpc) is 2.25. The van der Waals surface area contributed by atoms with Gasteiger partial charge in [-0.25, -0.2) is 0 Å². The van der Waals surface area contributed by atoms with Gasteiger partial charge in [0.05, 0.1) is 5.69 Å². The number of benzene rings is 2. The summed E-state index contributed by atoms with van der Waals surface area (Å²) in [5.41, 5.74) is 6.37. The molecule has 0 fully saturated rings. The Morgan fingerprint density at radius 2 is 1.56 bits per heavy atom. The third-order valence-electron chi connectivity index (χ3n) is 1.96. The van der Waals surface area contributed by atoms with Crippen molar-refractivity contribution < 1.29 is 4.74 Å². The smallest absolute Gasteiger partial charge is 0.150 e. The lowest BCUT2D eigenvalue weighted by Crippen LogP contribution is -1.90. The zero-order valence-corrected chi connectivity index (χ0v) is 9.96. The number of nitrogens with two attached hydrogens (primary N) is 1. The highest BCUT2D eigenvalue weighted by Gasteiger charge is 2.00. The van der Waals surface area contributed by atoms with Gasteiger partial charge >= 0.3 is 0 Å². The molecule has 0 aliphatic heterocycles. The Hall–Kier alpha value is -1.38. The van der Waals surface area contributed by atoms with Crippen molar-refractivity contribution in [2.45, 2.75) is 0 Å². The van der Waals surface area contributed by atoms with E-state index in [1.165, 1.54) is 0 Å². The molecular weight excluding hydrogens is 245 g/mol. The molecule has 0 aliphatic rings. The lowest BCUT2D eigenvalue weighted by atomic mass is 10.3. The summed E-state index contributed by atoms with van der Waals surface area (Å²) < 4.78 is 5.58. The van der Waals surface area contributed by atoms with Crippen LogP contribution in [0.3, 0.4) is 0 Å². The molecule has 0 heterocycles. The fourth-order valence-electron chi connectivity index (χ4n) is 1.20. The molecule has 0 aliphatic carbocycles. The fourth-order valence-corrected chi connectivity index (χ4v) is 1.33. The molecule has 0 spiro atoms.